The van der Waals surface area contributed by atoms with Gasteiger partial charge in [0.15, 0.2) is 0 Å². The van der Waals surface area contributed by atoms with Crippen LogP contribution in [0.1, 0.15) is 19.3 Å². The van der Waals surface area contributed by atoms with Crippen molar-refractivity contribution in [3.05, 3.63) is 30.6 Å². The van der Waals surface area contributed by atoms with Gasteiger partial charge in [0.25, 0.3) is 0 Å². The summed E-state index contributed by atoms with van der Waals surface area (Å²) in [5.74, 6) is 1.18. The molecule has 0 radical (unpaired) electrons. The summed E-state index contributed by atoms with van der Waals surface area (Å²) in [5.41, 5.74) is 6.51. The highest BCUT2D eigenvalue weighted by atomic mass is 16.4. The van der Waals surface area contributed by atoms with Crippen molar-refractivity contribution in [1.29, 1.82) is 0 Å². The summed E-state index contributed by atoms with van der Waals surface area (Å²) in [4.78, 5) is 11.0. The Morgan fingerprint density at radius 1 is 1.35 bits per heavy atom. The van der Waals surface area contributed by atoms with Crippen molar-refractivity contribution in [1.82, 2.24) is 9.97 Å². The largest absolute Gasteiger partial charge is 0.409 e. The number of anilines is 1. The molecular weight excluding hydrogens is 254 g/mol. The lowest BCUT2D eigenvalue weighted by Crippen LogP contribution is -2.31. The molecule has 1 heterocycles. The monoisotopic (exact) mass is 271 g/mol. The Hall–Kier alpha value is -2.37. The SMILES string of the molecule is NC(CCN(c1ncnc2ccccc12)C1CC1)=NO. The summed E-state index contributed by atoms with van der Waals surface area (Å²) in [6.07, 6.45) is 4.44. The van der Waals surface area contributed by atoms with Crippen molar-refractivity contribution in [2.24, 2.45) is 10.9 Å². The molecule has 3 N–H and O–H groups in total. The van der Waals surface area contributed by atoms with Crippen molar-refractivity contribution in [3.8, 4) is 0 Å². The fourth-order valence-electron chi connectivity index (χ4n) is 2.35. The molecule has 0 saturated heterocycles. The zero-order chi connectivity index (χ0) is 13.9. The summed E-state index contributed by atoms with van der Waals surface area (Å²) in [5, 5.41) is 12.7. The second kappa shape index (κ2) is 5.32. The topological polar surface area (TPSA) is 87.6 Å². The summed E-state index contributed by atoms with van der Waals surface area (Å²) in [7, 11) is 0. The summed E-state index contributed by atoms with van der Waals surface area (Å²) in [6, 6.07) is 8.47. The van der Waals surface area contributed by atoms with Gasteiger partial charge in [0.2, 0.25) is 0 Å². The highest BCUT2D eigenvalue weighted by Gasteiger charge is 2.30. The summed E-state index contributed by atoms with van der Waals surface area (Å²) >= 11 is 0. The predicted octanol–water partition coefficient (Wildman–Crippen LogP) is 1.74. The van der Waals surface area contributed by atoms with Crippen LogP contribution < -0.4 is 10.6 Å². The molecule has 1 aromatic heterocycles. The number of rotatable bonds is 5. The van der Waals surface area contributed by atoms with Crippen LogP contribution in [-0.4, -0.2) is 33.6 Å². The number of nitrogens with zero attached hydrogens (tertiary/aromatic N) is 4. The lowest BCUT2D eigenvalue weighted by Gasteiger charge is -2.24. The predicted molar refractivity (Wildman–Crippen MR) is 77.9 cm³/mol. The molecule has 1 aromatic carbocycles. The minimum atomic E-state index is 0.244. The number of nitrogens with two attached hydrogens (primary N) is 1. The van der Waals surface area contributed by atoms with E-state index in [0.29, 0.717) is 19.0 Å². The first-order chi connectivity index (χ1) is 9.79. The van der Waals surface area contributed by atoms with E-state index in [2.05, 4.69) is 20.0 Å². The molecular formula is C14H17N5O. The lowest BCUT2D eigenvalue weighted by molar-refractivity contribution is 0.317. The number of amidine groups is 1. The van der Waals surface area contributed by atoms with Gasteiger partial charge in [-0.15, -0.1) is 0 Å². The molecule has 1 aliphatic carbocycles. The molecule has 6 nitrogen and oxygen atoms in total. The van der Waals surface area contributed by atoms with Gasteiger partial charge in [-0.25, -0.2) is 9.97 Å². The molecule has 0 bridgehead atoms. The maximum Gasteiger partial charge on any atom is 0.140 e. The molecule has 0 amide bonds. The van der Waals surface area contributed by atoms with E-state index in [1.165, 1.54) is 0 Å². The van der Waals surface area contributed by atoms with E-state index in [4.69, 9.17) is 10.9 Å². The second-order valence-corrected chi connectivity index (χ2v) is 4.98. The van der Waals surface area contributed by atoms with E-state index in [9.17, 15) is 0 Å². The van der Waals surface area contributed by atoms with Gasteiger partial charge in [0.05, 0.1) is 5.52 Å². The number of hydrogen-bond donors (Lipinski definition) is 2. The fraction of sp³-hybridized carbons (Fsp3) is 0.357. The third kappa shape index (κ3) is 2.49. The van der Waals surface area contributed by atoms with Gasteiger partial charge in [-0.3, -0.25) is 0 Å². The molecule has 20 heavy (non-hydrogen) atoms. The molecule has 1 saturated carbocycles. The number of fused-ring (bicyclic) bond motifs is 1. The van der Waals surface area contributed by atoms with Gasteiger partial charge in [-0.2, -0.15) is 0 Å². The van der Waals surface area contributed by atoms with E-state index in [-0.39, 0.29) is 5.84 Å². The van der Waals surface area contributed by atoms with Gasteiger partial charge in [0, 0.05) is 24.4 Å². The summed E-state index contributed by atoms with van der Waals surface area (Å²) < 4.78 is 0. The zero-order valence-electron chi connectivity index (χ0n) is 11.1. The van der Waals surface area contributed by atoms with Crippen LogP contribution in [0.25, 0.3) is 10.9 Å². The maximum absolute atomic E-state index is 8.66. The molecule has 2 aromatic rings. The standard InChI is InChI=1S/C14H17N5O/c15-13(18-20)7-8-19(10-5-6-10)14-11-3-1-2-4-12(11)16-9-17-14/h1-4,9-10,20H,5-8H2,(H2,15,18). The Morgan fingerprint density at radius 3 is 2.90 bits per heavy atom. The number of benzene rings is 1. The average molecular weight is 271 g/mol. The van der Waals surface area contributed by atoms with Gasteiger partial charge in [-0.05, 0) is 25.0 Å². The fourth-order valence-corrected chi connectivity index (χ4v) is 2.35. The van der Waals surface area contributed by atoms with Gasteiger partial charge in [-0.1, -0.05) is 17.3 Å². The van der Waals surface area contributed by atoms with E-state index < -0.39 is 0 Å². The third-order valence-corrected chi connectivity index (χ3v) is 3.52. The molecule has 104 valence electrons. The molecule has 0 aliphatic heterocycles. The Morgan fingerprint density at radius 2 is 2.15 bits per heavy atom. The van der Waals surface area contributed by atoms with E-state index >= 15 is 0 Å². The van der Waals surface area contributed by atoms with Crippen molar-refractivity contribution in [2.75, 3.05) is 11.4 Å². The van der Waals surface area contributed by atoms with E-state index in [1.54, 1.807) is 6.33 Å². The minimum Gasteiger partial charge on any atom is -0.409 e. The van der Waals surface area contributed by atoms with Crippen LogP contribution in [0.4, 0.5) is 5.82 Å². The Balaban J connectivity index is 1.93. The van der Waals surface area contributed by atoms with Crippen LogP contribution in [0.2, 0.25) is 0 Å². The van der Waals surface area contributed by atoms with Crippen molar-refractivity contribution in [3.63, 3.8) is 0 Å². The minimum absolute atomic E-state index is 0.244. The highest BCUT2D eigenvalue weighted by Crippen LogP contribution is 2.33. The van der Waals surface area contributed by atoms with Gasteiger partial charge < -0.3 is 15.8 Å². The zero-order valence-corrected chi connectivity index (χ0v) is 11.1. The van der Waals surface area contributed by atoms with Crippen LogP contribution in [0.3, 0.4) is 0 Å². The smallest absolute Gasteiger partial charge is 0.140 e. The summed E-state index contributed by atoms with van der Waals surface area (Å²) in [6.45, 7) is 0.696. The number of oxime groups is 1. The molecule has 3 rings (SSSR count). The maximum atomic E-state index is 8.66. The molecule has 1 aliphatic rings. The first-order valence-corrected chi connectivity index (χ1v) is 6.72. The van der Waals surface area contributed by atoms with Crippen LogP contribution in [0.15, 0.2) is 35.7 Å². The quantitative estimate of drug-likeness (QED) is 0.374. The molecule has 0 unspecified atom stereocenters. The van der Waals surface area contributed by atoms with Crippen molar-refractivity contribution < 1.29 is 5.21 Å². The molecule has 1 fully saturated rings. The first kappa shape index (κ1) is 12.7. The average Bonchev–Trinajstić information content (AvgIpc) is 3.32. The van der Waals surface area contributed by atoms with Crippen LogP contribution in [-0.2, 0) is 0 Å². The lowest BCUT2D eigenvalue weighted by atomic mass is 10.2. The number of hydrogen-bond acceptors (Lipinski definition) is 5. The molecule has 0 atom stereocenters. The third-order valence-electron chi connectivity index (χ3n) is 3.52. The van der Waals surface area contributed by atoms with Crippen LogP contribution in [0, 0.1) is 0 Å². The first-order valence-electron chi connectivity index (χ1n) is 6.72. The Labute approximate surface area is 116 Å². The molecule has 0 spiro atoms. The van der Waals surface area contributed by atoms with Crippen LogP contribution >= 0.6 is 0 Å². The van der Waals surface area contributed by atoms with Crippen LogP contribution in [0.5, 0.6) is 0 Å². The Bertz CT molecular complexity index is 633. The number of para-hydroxylation sites is 1. The molecule has 6 heteroatoms. The number of aromatic nitrogens is 2. The second-order valence-electron chi connectivity index (χ2n) is 4.98. The van der Waals surface area contributed by atoms with Crippen molar-refractivity contribution >= 4 is 22.6 Å². The van der Waals surface area contributed by atoms with Gasteiger partial charge >= 0.3 is 0 Å². The van der Waals surface area contributed by atoms with Crippen molar-refractivity contribution in [2.45, 2.75) is 25.3 Å². The van der Waals surface area contributed by atoms with E-state index in [1.807, 2.05) is 24.3 Å². The normalized spacial score (nSPS) is 15.5. The highest BCUT2D eigenvalue weighted by molar-refractivity contribution is 5.89. The van der Waals surface area contributed by atoms with Gasteiger partial charge in [0.1, 0.15) is 18.0 Å². The Kier molecular flexibility index (Phi) is 3.37. The van der Waals surface area contributed by atoms with E-state index in [0.717, 1.165) is 29.6 Å².